The zero-order chi connectivity index (χ0) is 12.1. The van der Waals surface area contributed by atoms with Gasteiger partial charge in [0.2, 0.25) is 0 Å². The van der Waals surface area contributed by atoms with Crippen LogP contribution < -0.4 is 11.3 Å². The highest BCUT2D eigenvalue weighted by Crippen LogP contribution is 2.45. The largest absolute Gasteiger partial charge is 0.374 e. The van der Waals surface area contributed by atoms with Crippen LogP contribution in [0.5, 0.6) is 0 Å². The second kappa shape index (κ2) is 3.90. The molecule has 0 aromatic carbocycles. The molecule has 1 saturated carbocycles. The molecule has 3 atom stereocenters. The maximum Gasteiger partial charge on any atom is 0.143 e. The summed E-state index contributed by atoms with van der Waals surface area (Å²) < 4.78 is 5.90. The van der Waals surface area contributed by atoms with Gasteiger partial charge in [-0.1, -0.05) is 0 Å². The van der Waals surface area contributed by atoms with Gasteiger partial charge in [-0.05, 0) is 32.1 Å². The first-order valence-corrected chi connectivity index (χ1v) is 6.84. The lowest BCUT2D eigenvalue weighted by Gasteiger charge is -2.18. The van der Waals surface area contributed by atoms with Crippen molar-refractivity contribution in [1.82, 2.24) is 9.97 Å². The summed E-state index contributed by atoms with van der Waals surface area (Å²) in [4.78, 5) is 9.29. The zero-order valence-corrected chi connectivity index (χ0v) is 10.3. The molecule has 2 aliphatic heterocycles. The van der Waals surface area contributed by atoms with Crippen LogP contribution in [0.25, 0.3) is 0 Å². The molecule has 5 heteroatoms. The van der Waals surface area contributed by atoms with E-state index in [1.165, 1.54) is 19.3 Å². The van der Waals surface area contributed by atoms with E-state index in [0.717, 1.165) is 30.2 Å². The van der Waals surface area contributed by atoms with Gasteiger partial charge in [0.25, 0.3) is 0 Å². The van der Waals surface area contributed by atoms with Crippen molar-refractivity contribution in [2.24, 2.45) is 5.84 Å². The van der Waals surface area contributed by atoms with Gasteiger partial charge in [0.15, 0.2) is 0 Å². The number of hydrogen-bond donors (Lipinski definition) is 2. The second-order valence-electron chi connectivity index (χ2n) is 5.67. The van der Waals surface area contributed by atoms with Crippen molar-refractivity contribution in [3.05, 3.63) is 17.6 Å². The van der Waals surface area contributed by atoms with E-state index in [2.05, 4.69) is 10.4 Å². The van der Waals surface area contributed by atoms with Crippen molar-refractivity contribution in [1.29, 1.82) is 0 Å². The predicted octanol–water partition coefficient (Wildman–Crippen LogP) is 1.67. The summed E-state index contributed by atoms with van der Waals surface area (Å²) in [5, 5.41) is 0. The molecule has 2 saturated heterocycles. The highest BCUT2D eigenvalue weighted by molar-refractivity contribution is 5.37. The van der Waals surface area contributed by atoms with Gasteiger partial charge in [0, 0.05) is 23.6 Å². The van der Waals surface area contributed by atoms with Crippen LogP contribution in [0.15, 0.2) is 6.07 Å². The number of nitrogens with two attached hydrogens (primary N) is 1. The summed E-state index contributed by atoms with van der Waals surface area (Å²) in [5.41, 5.74) is 3.81. The van der Waals surface area contributed by atoms with Crippen LogP contribution in [0.2, 0.25) is 0 Å². The van der Waals surface area contributed by atoms with Crippen LogP contribution in [-0.2, 0) is 4.74 Å². The molecular formula is C13H18N4O. The summed E-state index contributed by atoms with van der Waals surface area (Å²) >= 11 is 0. The quantitative estimate of drug-likeness (QED) is 0.627. The van der Waals surface area contributed by atoms with Crippen LogP contribution in [-0.4, -0.2) is 22.2 Å². The Kier molecular flexibility index (Phi) is 2.32. The minimum Gasteiger partial charge on any atom is -0.374 e. The molecule has 3 aliphatic rings. The van der Waals surface area contributed by atoms with Gasteiger partial charge >= 0.3 is 0 Å². The molecule has 1 aliphatic carbocycles. The van der Waals surface area contributed by atoms with Crippen LogP contribution in [0.3, 0.4) is 0 Å². The SMILES string of the molecule is NNc1cc(C2CC2)nc(C2CC3CCC2O3)n1. The Bertz CT molecular complexity index is 474. The normalized spacial score (nSPS) is 33.9. The van der Waals surface area contributed by atoms with E-state index in [9.17, 15) is 0 Å². The monoisotopic (exact) mass is 246 g/mol. The number of fused-ring (bicyclic) bond motifs is 2. The first-order valence-electron chi connectivity index (χ1n) is 6.84. The van der Waals surface area contributed by atoms with E-state index >= 15 is 0 Å². The summed E-state index contributed by atoms with van der Waals surface area (Å²) in [6, 6.07) is 1.98. The number of hydrogen-bond acceptors (Lipinski definition) is 5. The van der Waals surface area contributed by atoms with Crippen LogP contribution in [0, 0.1) is 0 Å². The number of anilines is 1. The highest BCUT2D eigenvalue weighted by atomic mass is 16.5. The molecular weight excluding hydrogens is 228 g/mol. The van der Waals surface area contributed by atoms with Crippen LogP contribution in [0.4, 0.5) is 5.82 Å². The van der Waals surface area contributed by atoms with Gasteiger partial charge in [-0.25, -0.2) is 15.8 Å². The van der Waals surface area contributed by atoms with Gasteiger partial charge in [-0.15, -0.1) is 0 Å². The van der Waals surface area contributed by atoms with E-state index in [-0.39, 0.29) is 0 Å². The Morgan fingerprint density at radius 3 is 2.72 bits per heavy atom. The van der Waals surface area contributed by atoms with E-state index in [1.807, 2.05) is 6.07 Å². The van der Waals surface area contributed by atoms with Gasteiger partial charge in [-0.3, -0.25) is 0 Å². The molecule has 1 aromatic heterocycles. The Morgan fingerprint density at radius 2 is 2.11 bits per heavy atom. The van der Waals surface area contributed by atoms with E-state index in [1.54, 1.807) is 0 Å². The van der Waals surface area contributed by atoms with E-state index < -0.39 is 0 Å². The molecule has 18 heavy (non-hydrogen) atoms. The van der Waals surface area contributed by atoms with Gasteiger partial charge in [-0.2, -0.15) is 0 Å². The molecule has 3 unspecified atom stereocenters. The average Bonchev–Trinajstić information content (AvgIpc) is 3.06. The van der Waals surface area contributed by atoms with Crippen molar-refractivity contribution in [2.45, 2.75) is 56.1 Å². The second-order valence-corrected chi connectivity index (χ2v) is 5.67. The predicted molar refractivity (Wildman–Crippen MR) is 67.1 cm³/mol. The Hall–Kier alpha value is -1.20. The molecule has 3 heterocycles. The summed E-state index contributed by atoms with van der Waals surface area (Å²) in [5.74, 6) is 8.18. The third-order valence-electron chi connectivity index (χ3n) is 4.34. The van der Waals surface area contributed by atoms with Crippen molar-refractivity contribution in [3.8, 4) is 0 Å². The molecule has 0 amide bonds. The minimum absolute atomic E-state index is 0.329. The molecule has 0 radical (unpaired) electrons. The first kappa shape index (κ1) is 10.7. The van der Waals surface area contributed by atoms with Crippen molar-refractivity contribution in [2.75, 3.05) is 5.43 Å². The number of ether oxygens (including phenoxy) is 1. The summed E-state index contributed by atoms with van der Waals surface area (Å²) in [6.45, 7) is 0. The first-order chi connectivity index (χ1) is 8.83. The van der Waals surface area contributed by atoms with Crippen molar-refractivity contribution < 1.29 is 4.74 Å². The van der Waals surface area contributed by atoms with Crippen molar-refractivity contribution >= 4 is 5.82 Å². The molecule has 4 rings (SSSR count). The van der Waals surface area contributed by atoms with Crippen molar-refractivity contribution in [3.63, 3.8) is 0 Å². The number of aromatic nitrogens is 2. The summed E-state index contributed by atoms with van der Waals surface area (Å²) in [7, 11) is 0. The van der Waals surface area contributed by atoms with Crippen LogP contribution >= 0.6 is 0 Å². The Labute approximate surface area is 106 Å². The standard InChI is InChI=1S/C13H18N4O/c14-17-12-6-10(7-1-2-7)15-13(16-12)9-5-8-3-4-11(9)18-8/h6-9,11H,1-5,14H2,(H,15,16,17). The van der Waals surface area contributed by atoms with E-state index in [0.29, 0.717) is 24.0 Å². The third kappa shape index (κ3) is 1.69. The third-order valence-corrected chi connectivity index (χ3v) is 4.34. The molecule has 0 spiro atoms. The molecule has 1 aromatic rings. The number of nitrogens with zero attached hydrogens (tertiary/aromatic N) is 2. The fourth-order valence-electron chi connectivity index (χ4n) is 3.22. The minimum atomic E-state index is 0.329. The fraction of sp³-hybridized carbons (Fsp3) is 0.692. The van der Waals surface area contributed by atoms with E-state index in [4.69, 9.17) is 15.6 Å². The lowest BCUT2D eigenvalue weighted by atomic mass is 9.88. The molecule has 2 bridgehead atoms. The highest BCUT2D eigenvalue weighted by Gasteiger charge is 2.43. The Morgan fingerprint density at radius 1 is 1.22 bits per heavy atom. The number of nitrogens with one attached hydrogen (secondary N) is 1. The van der Waals surface area contributed by atoms with Gasteiger partial charge < -0.3 is 10.2 Å². The van der Waals surface area contributed by atoms with Gasteiger partial charge in [0.1, 0.15) is 11.6 Å². The van der Waals surface area contributed by atoms with Gasteiger partial charge in [0.05, 0.1) is 12.2 Å². The zero-order valence-electron chi connectivity index (χ0n) is 10.3. The number of hydrazine groups is 1. The number of nitrogen functional groups attached to an aromatic ring is 1. The summed E-state index contributed by atoms with van der Waals surface area (Å²) in [6.07, 6.45) is 6.67. The smallest absolute Gasteiger partial charge is 0.143 e. The molecule has 5 nitrogen and oxygen atoms in total. The lowest BCUT2D eigenvalue weighted by Crippen LogP contribution is -2.19. The fourth-order valence-corrected chi connectivity index (χ4v) is 3.22. The Balaban J connectivity index is 1.68. The maximum atomic E-state index is 5.90. The number of rotatable bonds is 3. The van der Waals surface area contributed by atoms with Crippen LogP contribution in [0.1, 0.15) is 55.5 Å². The topological polar surface area (TPSA) is 73.1 Å². The molecule has 96 valence electrons. The maximum absolute atomic E-state index is 5.90. The molecule has 3 fully saturated rings. The molecule has 3 N–H and O–H groups in total. The lowest BCUT2D eigenvalue weighted by molar-refractivity contribution is 0.0998. The average molecular weight is 246 g/mol.